The van der Waals surface area contributed by atoms with Crippen molar-refractivity contribution in [2.75, 3.05) is 18.6 Å². The van der Waals surface area contributed by atoms with Gasteiger partial charge in [0.25, 0.3) is 0 Å². The molecule has 4 nitrogen and oxygen atoms in total. The molecule has 28 heavy (non-hydrogen) atoms. The van der Waals surface area contributed by atoms with Gasteiger partial charge in [0, 0.05) is 30.9 Å². The summed E-state index contributed by atoms with van der Waals surface area (Å²) >= 11 is 0. The van der Waals surface area contributed by atoms with Crippen LogP contribution in [0, 0.1) is 0 Å². The van der Waals surface area contributed by atoms with Crippen molar-refractivity contribution in [3.63, 3.8) is 0 Å². The lowest BCUT2D eigenvalue weighted by atomic mass is 9.87. The number of carbonyl (C=O) groups is 1. The molecule has 3 aromatic rings. The van der Waals surface area contributed by atoms with E-state index in [1.807, 2.05) is 35.5 Å². The van der Waals surface area contributed by atoms with Crippen LogP contribution < -0.4 is 9.64 Å². The largest absolute Gasteiger partial charge is 0.496 e. The smallest absolute Gasteiger partial charge is 0.227 e. The van der Waals surface area contributed by atoms with Crippen molar-refractivity contribution in [1.82, 2.24) is 4.98 Å². The molecule has 1 aromatic heterocycles. The first-order valence-electron chi connectivity index (χ1n) is 9.79. The SMILES string of the molecule is COc1ccc(-c2ccncc2)cc1-c1cc2c3c(c1)CCC(=O)N3CCC2. The topological polar surface area (TPSA) is 42.4 Å². The monoisotopic (exact) mass is 370 g/mol. The molecule has 0 atom stereocenters. The van der Waals surface area contributed by atoms with Crippen molar-refractivity contribution in [3.05, 3.63) is 66.0 Å². The number of benzene rings is 2. The summed E-state index contributed by atoms with van der Waals surface area (Å²) < 4.78 is 5.68. The molecule has 0 saturated carbocycles. The number of pyridine rings is 1. The Morgan fingerprint density at radius 1 is 0.893 bits per heavy atom. The van der Waals surface area contributed by atoms with Gasteiger partial charge >= 0.3 is 0 Å². The van der Waals surface area contributed by atoms with Gasteiger partial charge in [0.05, 0.1) is 12.8 Å². The number of aromatic nitrogens is 1. The first-order chi connectivity index (χ1) is 13.7. The van der Waals surface area contributed by atoms with Gasteiger partial charge in [-0.3, -0.25) is 9.78 Å². The minimum atomic E-state index is 0.262. The Kier molecular flexibility index (Phi) is 4.12. The molecule has 3 heterocycles. The van der Waals surface area contributed by atoms with Crippen LogP contribution in [0.3, 0.4) is 0 Å². The average Bonchev–Trinajstić information content (AvgIpc) is 2.76. The van der Waals surface area contributed by atoms with E-state index in [1.165, 1.54) is 11.1 Å². The Hall–Kier alpha value is -3.14. The van der Waals surface area contributed by atoms with Gasteiger partial charge in [-0.2, -0.15) is 0 Å². The van der Waals surface area contributed by atoms with E-state index >= 15 is 0 Å². The van der Waals surface area contributed by atoms with Crippen molar-refractivity contribution in [2.45, 2.75) is 25.7 Å². The molecule has 0 N–H and O–H groups in total. The summed E-state index contributed by atoms with van der Waals surface area (Å²) in [5.41, 5.74) is 8.25. The van der Waals surface area contributed by atoms with Crippen molar-refractivity contribution >= 4 is 11.6 Å². The Morgan fingerprint density at radius 2 is 1.68 bits per heavy atom. The molecule has 0 fully saturated rings. The average molecular weight is 370 g/mol. The van der Waals surface area contributed by atoms with Crippen LogP contribution in [0.25, 0.3) is 22.3 Å². The fraction of sp³-hybridized carbons (Fsp3) is 0.250. The molecule has 1 amide bonds. The Morgan fingerprint density at radius 3 is 2.46 bits per heavy atom. The number of ether oxygens (including phenoxy) is 1. The zero-order valence-electron chi connectivity index (χ0n) is 15.9. The maximum atomic E-state index is 12.3. The van der Waals surface area contributed by atoms with Gasteiger partial charge < -0.3 is 9.64 Å². The lowest BCUT2D eigenvalue weighted by molar-refractivity contribution is -0.119. The molecule has 0 aliphatic carbocycles. The zero-order valence-corrected chi connectivity index (χ0v) is 15.9. The maximum absolute atomic E-state index is 12.3. The molecule has 0 unspecified atom stereocenters. The summed E-state index contributed by atoms with van der Waals surface area (Å²) in [6.45, 7) is 0.846. The molecule has 140 valence electrons. The highest BCUT2D eigenvalue weighted by Crippen LogP contribution is 2.41. The van der Waals surface area contributed by atoms with Crippen LogP contribution in [-0.4, -0.2) is 24.5 Å². The summed E-state index contributed by atoms with van der Waals surface area (Å²) in [5.74, 6) is 1.13. The van der Waals surface area contributed by atoms with Crippen LogP contribution in [0.2, 0.25) is 0 Å². The van der Waals surface area contributed by atoms with E-state index in [-0.39, 0.29) is 5.91 Å². The van der Waals surface area contributed by atoms with Gasteiger partial charge in [0.2, 0.25) is 5.91 Å². The quantitative estimate of drug-likeness (QED) is 0.674. The van der Waals surface area contributed by atoms with E-state index < -0.39 is 0 Å². The predicted molar refractivity (Wildman–Crippen MR) is 111 cm³/mol. The predicted octanol–water partition coefficient (Wildman–Crippen LogP) is 4.65. The van der Waals surface area contributed by atoms with Crippen molar-refractivity contribution in [3.8, 4) is 28.0 Å². The summed E-state index contributed by atoms with van der Waals surface area (Å²) in [5, 5.41) is 0. The number of rotatable bonds is 3. The minimum absolute atomic E-state index is 0.262. The van der Waals surface area contributed by atoms with Gasteiger partial charge in [-0.05, 0) is 83.5 Å². The van der Waals surface area contributed by atoms with Gasteiger partial charge in [0.15, 0.2) is 0 Å². The van der Waals surface area contributed by atoms with Gasteiger partial charge in [-0.25, -0.2) is 0 Å². The molecule has 2 aromatic carbocycles. The third-order valence-electron chi connectivity index (χ3n) is 5.80. The van der Waals surface area contributed by atoms with Crippen molar-refractivity contribution in [1.29, 1.82) is 0 Å². The molecule has 0 spiro atoms. The van der Waals surface area contributed by atoms with Crippen LogP contribution in [0.5, 0.6) is 5.75 Å². The van der Waals surface area contributed by atoms with E-state index in [0.717, 1.165) is 59.5 Å². The second kappa shape index (κ2) is 6.79. The summed E-state index contributed by atoms with van der Waals surface area (Å²) in [7, 11) is 1.72. The lowest BCUT2D eigenvalue weighted by Crippen LogP contribution is -2.39. The van der Waals surface area contributed by atoms with Crippen LogP contribution in [0.15, 0.2) is 54.9 Å². The van der Waals surface area contributed by atoms with E-state index in [1.54, 1.807) is 7.11 Å². The van der Waals surface area contributed by atoms with E-state index in [2.05, 4.69) is 29.2 Å². The third kappa shape index (κ3) is 2.76. The number of hydrogen-bond acceptors (Lipinski definition) is 3. The number of nitrogens with zero attached hydrogens (tertiary/aromatic N) is 2. The second-order valence-corrected chi connectivity index (χ2v) is 7.44. The fourth-order valence-corrected chi connectivity index (χ4v) is 4.47. The van der Waals surface area contributed by atoms with Crippen LogP contribution in [0.1, 0.15) is 24.0 Å². The number of aryl methyl sites for hydroxylation is 2. The summed E-state index contributed by atoms with van der Waals surface area (Å²) in [6.07, 6.45) is 7.09. The zero-order chi connectivity index (χ0) is 19.1. The van der Waals surface area contributed by atoms with Crippen LogP contribution >= 0.6 is 0 Å². The van der Waals surface area contributed by atoms with Crippen LogP contribution in [0.4, 0.5) is 5.69 Å². The highest BCUT2D eigenvalue weighted by Gasteiger charge is 2.30. The van der Waals surface area contributed by atoms with Gasteiger partial charge in [-0.15, -0.1) is 0 Å². The van der Waals surface area contributed by atoms with Gasteiger partial charge in [-0.1, -0.05) is 6.07 Å². The van der Waals surface area contributed by atoms with Gasteiger partial charge in [0.1, 0.15) is 5.75 Å². The van der Waals surface area contributed by atoms with Crippen molar-refractivity contribution in [2.24, 2.45) is 0 Å². The number of methoxy groups -OCH3 is 1. The fourth-order valence-electron chi connectivity index (χ4n) is 4.47. The maximum Gasteiger partial charge on any atom is 0.227 e. The highest BCUT2D eigenvalue weighted by molar-refractivity contribution is 5.98. The molecule has 4 heteroatoms. The first-order valence-corrected chi connectivity index (χ1v) is 9.79. The molecule has 0 bridgehead atoms. The first kappa shape index (κ1) is 17.0. The van der Waals surface area contributed by atoms with Crippen LogP contribution in [-0.2, 0) is 17.6 Å². The molecule has 2 aliphatic heterocycles. The standard InChI is InChI=1S/C24H22N2O2/c1-28-22-6-4-17(16-8-10-25-11-9-16)15-21(22)20-13-18-3-2-12-26-23(27)7-5-19(14-20)24(18)26/h4,6,8-11,13-15H,2-3,5,7,12H2,1H3. The summed E-state index contributed by atoms with van der Waals surface area (Å²) in [4.78, 5) is 18.4. The summed E-state index contributed by atoms with van der Waals surface area (Å²) in [6, 6.07) is 14.8. The second-order valence-electron chi connectivity index (χ2n) is 7.44. The normalized spacial score (nSPS) is 15.3. The number of carbonyl (C=O) groups excluding carboxylic acids is 1. The third-order valence-corrected chi connectivity index (χ3v) is 5.80. The molecular weight excluding hydrogens is 348 g/mol. The number of hydrogen-bond donors (Lipinski definition) is 0. The lowest BCUT2D eigenvalue weighted by Gasteiger charge is -2.35. The molecule has 2 aliphatic rings. The minimum Gasteiger partial charge on any atom is -0.496 e. The van der Waals surface area contributed by atoms with E-state index in [9.17, 15) is 4.79 Å². The molecule has 0 saturated heterocycles. The highest BCUT2D eigenvalue weighted by atomic mass is 16.5. The molecular formula is C24H22N2O2. The molecule has 5 rings (SSSR count). The molecule has 0 radical (unpaired) electrons. The van der Waals surface area contributed by atoms with Crippen molar-refractivity contribution < 1.29 is 9.53 Å². The number of amides is 1. The van der Waals surface area contributed by atoms with E-state index in [4.69, 9.17) is 4.74 Å². The van der Waals surface area contributed by atoms with E-state index in [0.29, 0.717) is 6.42 Å². The Bertz CT molecular complexity index is 1040. The Labute approximate surface area is 164 Å². The Balaban J connectivity index is 1.66. The number of anilines is 1.